The maximum Gasteiger partial charge on any atom is 0.323 e. The molecule has 0 radical (unpaired) electrons. The van der Waals surface area contributed by atoms with Crippen LogP contribution in [0.15, 0.2) is 36.7 Å². The molecule has 1 atom stereocenters. The minimum Gasteiger partial charge on any atom is -0.460 e. The smallest absolute Gasteiger partial charge is 0.323 e. The molecule has 0 fully saturated rings. The van der Waals surface area contributed by atoms with Crippen molar-refractivity contribution >= 4 is 5.97 Å². The Morgan fingerprint density at radius 3 is 2.65 bits per heavy atom. The van der Waals surface area contributed by atoms with Crippen molar-refractivity contribution in [3.8, 4) is 0 Å². The van der Waals surface area contributed by atoms with Crippen LogP contribution in [0.4, 0.5) is 0 Å². The Morgan fingerprint density at radius 2 is 2.04 bits per heavy atom. The van der Waals surface area contributed by atoms with Crippen LogP contribution in [-0.2, 0) is 22.6 Å². The summed E-state index contributed by atoms with van der Waals surface area (Å²) in [6, 6.07) is 9.41. The molecule has 0 saturated carbocycles. The first kappa shape index (κ1) is 17.2. The number of ether oxygens (including phenoxy) is 1. The Hall–Kier alpha value is -2.14. The summed E-state index contributed by atoms with van der Waals surface area (Å²) in [7, 11) is 0. The molecule has 0 aliphatic rings. The number of imidazole rings is 1. The van der Waals surface area contributed by atoms with Gasteiger partial charge in [-0.05, 0) is 18.4 Å². The van der Waals surface area contributed by atoms with E-state index in [4.69, 9.17) is 4.74 Å². The fourth-order valence-corrected chi connectivity index (χ4v) is 2.39. The van der Waals surface area contributed by atoms with Crippen molar-refractivity contribution < 1.29 is 9.53 Å². The molecule has 1 heterocycles. The van der Waals surface area contributed by atoms with Crippen molar-refractivity contribution in [2.24, 2.45) is 5.92 Å². The van der Waals surface area contributed by atoms with Crippen molar-refractivity contribution in [3.05, 3.63) is 53.6 Å². The number of rotatable bonds is 8. The molecule has 124 valence electrons. The third-order valence-electron chi connectivity index (χ3n) is 3.80. The molecule has 0 saturated heterocycles. The lowest BCUT2D eigenvalue weighted by atomic mass is 10.0. The summed E-state index contributed by atoms with van der Waals surface area (Å²) in [5.41, 5.74) is 3.09. The summed E-state index contributed by atoms with van der Waals surface area (Å²) in [5, 5.41) is 3.29. The molecule has 2 rings (SSSR count). The summed E-state index contributed by atoms with van der Waals surface area (Å²) in [6.45, 7) is 7.02. The topological polar surface area (TPSA) is 67.0 Å². The Labute approximate surface area is 137 Å². The molecule has 5 heteroatoms. The van der Waals surface area contributed by atoms with Crippen molar-refractivity contribution in [1.29, 1.82) is 0 Å². The predicted molar refractivity (Wildman–Crippen MR) is 89.9 cm³/mol. The van der Waals surface area contributed by atoms with E-state index >= 15 is 0 Å². The summed E-state index contributed by atoms with van der Waals surface area (Å²) in [4.78, 5) is 19.6. The molecule has 5 nitrogen and oxygen atoms in total. The molecule has 0 aliphatic carbocycles. The lowest BCUT2D eigenvalue weighted by Gasteiger charge is -2.20. The second-order valence-corrected chi connectivity index (χ2v) is 5.99. The molecule has 0 aliphatic heterocycles. The molecule has 0 bridgehead atoms. The highest BCUT2D eigenvalue weighted by molar-refractivity contribution is 5.76. The minimum atomic E-state index is -0.307. The summed E-state index contributed by atoms with van der Waals surface area (Å²) in [6.07, 6.45) is 2.48. The van der Waals surface area contributed by atoms with E-state index < -0.39 is 0 Å². The SMILES string of the molecule is Cc1[nH]cnc1CCN[C@H](C(=O)OCc1ccccc1)C(C)C. The zero-order valence-corrected chi connectivity index (χ0v) is 14.0. The van der Waals surface area contributed by atoms with Gasteiger partial charge in [-0.15, -0.1) is 0 Å². The molecule has 2 aromatic rings. The Kier molecular flexibility index (Phi) is 6.35. The zero-order chi connectivity index (χ0) is 16.7. The van der Waals surface area contributed by atoms with Gasteiger partial charge in [-0.1, -0.05) is 44.2 Å². The van der Waals surface area contributed by atoms with Gasteiger partial charge < -0.3 is 15.0 Å². The summed E-state index contributed by atoms with van der Waals surface area (Å²) < 4.78 is 5.44. The number of carbonyl (C=O) groups is 1. The quantitative estimate of drug-likeness (QED) is 0.735. The first-order valence-electron chi connectivity index (χ1n) is 8.00. The van der Waals surface area contributed by atoms with E-state index in [1.165, 1.54) is 0 Å². The van der Waals surface area contributed by atoms with Crippen LogP contribution in [0.5, 0.6) is 0 Å². The average Bonchev–Trinajstić information content (AvgIpc) is 2.95. The van der Waals surface area contributed by atoms with Crippen molar-refractivity contribution in [2.75, 3.05) is 6.54 Å². The van der Waals surface area contributed by atoms with E-state index in [2.05, 4.69) is 15.3 Å². The number of carbonyl (C=O) groups excluding carboxylic acids is 1. The maximum atomic E-state index is 12.3. The number of esters is 1. The van der Waals surface area contributed by atoms with Gasteiger partial charge in [-0.2, -0.15) is 0 Å². The highest BCUT2D eigenvalue weighted by Gasteiger charge is 2.23. The van der Waals surface area contributed by atoms with E-state index in [0.29, 0.717) is 13.2 Å². The van der Waals surface area contributed by atoms with Crippen LogP contribution in [0.2, 0.25) is 0 Å². The fourth-order valence-electron chi connectivity index (χ4n) is 2.39. The number of aryl methyl sites for hydroxylation is 1. The van der Waals surface area contributed by atoms with Gasteiger partial charge in [0.05, 0.1) is 12.0 Å². The number of benzene rings is 1. The largest absolute Gasteiger partial charge is 0.460 e. The summed E-state index contributed by atoms with van der Waals surface area (Å²) >= 11 is 0. The maximum absolute atomic E-state index is 12.3. The van der Waals surface area contributed by atoms with E-state index in [9.17, 15) is 4.79 Å². The van der Waals surface area contributed by atoms with Gasteiger partial charge in [0.15, 0.2) is 0 Å². The fraction of sp³-hybridized carbons (Fsp3) is 0.444. The lowest BCUT2D eigenvalue weighted by Crippen LogP contribution is -2.43. The van der Waals surface area contributed by atoms with Gasteiger partial charge in [0.1, 0.15) is 12.6 Å². The van der Waals surface area contributed by atoms with Crippen LogP contribution < -0.4 is 5.32 Å². The molecule has 1 aromatic carbocycles. The molecule has 2 N–H and O–H groups in total. The van der Waals surface area contributed by atoms with Gasteiger partial charge in [0, 0.05) is 18.7 Å². The zero-order valence-electron chi connectivity index (χ0n) is 14.0. The Morgan fingerprint density at radius 1 is 1.30 bits per heavy atom. The number of hydrogen-bond acceptors (Lipinski definition) is 4. The second kappa shape index (κ2) is 8.48. The molecular weight excluding hydrogens is 290 g/mol. The molecule has 0 amide bonds. The standard InChI is InChI=1S/C18H25N3O2/c1-13(2)17(19-10-9-16-14(3)20-12-21-16)18(22)23-11-15-7-5-4-6-8-15/h4-8,12-13,17,19H,9-11H2,1-3H3,(H,20,21)/t17-/m0/s1. The summed E-state index contributed by atoms with van der Waals surface area (Å²) in [5.74, 6) is -0.0406. The van der Waals surface area contributed by atoms with Crippen molar-refractivity contribution in [1.82, 2.24) is 15.3 Å². The van der Waals surface area contributed by atoms with E-state index in [1.54, 1.807) is 6.33 Å². The normalized spacial score (nSPS) is 12.3. The van der Waals surface area contributed by atoms with Gasteiger partial charge in [0.25, 0.3) is 0 Å². The second-order valence-electron chi connectivity index (χ2n) is 5.99. The van der Waals surface area contributed by atoms with Crippen LogP contribution in [-0.4, -0.2) is 28.5 Å². The number of aromatic amines is 1. The van der Waals surface area contributed by atoms with Gasteiger partial charge in [0.2, 0.25) is 0 Å². The highest BCUT2D eigenvalue weighted by Crippen LogP contribution is 2.08. The average molecular weight is 315 g/mol. The van der Waals surface area contributed by atoms with Gasteiger partial charge in [-0.3, -0.25) is 4.79 Å². The van der Waals surface area contributed by atoms with Crippen LogP contribution >= 0.6 is 0 Å². The third-order valence-corrected chi connectivity index (χ3v) is 3.80. The van der Waals surface area contributed by atoms with Gasteiger partial charge in [-0.25, -0.2) is 4.98 Å². The van der Waals surface area contributed by atoms with Gasteiger partial charge >= 0.3 is 5.97 Å². The van der Waals surface area contributed by atoms with Crippen LogP contribution in [0.3, 0.4) is 0 Å². The molecule has 0 spiro atoms. The monoisotopic (exact) mass is 315 g/mol. The van der Waals surface area contributed by atoms with Crippen LogP contribution in [0, 0.1) is 12.8 Å². The Bertz CT molecular complexity index is 608. The molecular formula is C18H25N3O2. The van der Waals surface area contributed by atoms with E-state index in [0.717, 1.165) is 23.4 Å². The third kappa shape index (κ3) is 5.21. The Balaban J connectivity index is 1.82. The first-order valence-corrected chi connectivity index (χ1v) is 8.00. The number of hydrogen-bond donors (Lipinski definition) is 2. The highest BCUT2D eigenvalue weighted by atomic mass is 16.5. The number of H-pyrrole nitrogens is 1. The predicted octanol–water partition coefficient (Wildman–Crippen LogP) is 2.62. The number of aromatic nitrogens is 2. The molecule has 23 heavy (non-hydrogen) atoms. The van der Waals surface area contributed by atoms with Crippen molar-refractivity contribution in [3.63, 3.8) is 0 Å². The number of nitrogens with zero attached hydrogens (tertiary/aromatic N) is 1. The van der Waals surface area contributed by atoms with E-state index in [1.807, 2.05) is 51.1 Å². The van der Waals surface area contributed by atoms with Crippen LogP contribution in [0.25, 0.3) is 0 Å². The lowest BCUT2D eigenvalue weighted by molar-refractivity contribution is -0.148. The first-order chi connectivity index (χ1) is 11.1. The molecule has 1 aromatic heterocycles. The number of nitrogens with one attached hydrogen (secondary N) is 2. The van der Waals surface area contributed by atoms with Crippen LogP contribution in [0.1, 0.15) is 30.8 Å². The minimum absolute atomic E-state index is 0.165. The molecule has 0 unspecified atom stereocenters. The van der Waals surface area contributed by atoms with E-state index in [-0.39, 0.29) is 17.9 Å². The van der Waals surface area contributed by atoms with Crippen molar-refractivity contribution in [2.45, 2.75) is 39.8 Å².